The fourth-order valence-corrected chi connectivity index (χ4v) is 5.47. The normalized spacial score (nSPS) is 16.2. The summed E-state index contributed by atoms with van der Waals surface area (Å²) in [4.78, 5) is 23.9. The Morgan fingerprint density at radius 3 is 3.06 bits per heavy atom. The minimum atomic E-state index is 0.0611. The SMILES string of the molecule is COCCOC[C@@H]1CCCN1C(=O)c1cc2nccc(Nc3ccc4[nH]c(C)cc4c3)c2s1. The molecule has 0 radical (unpaired) electrons. The Morgan fingerprint density at radius 1 is 1.27 bits per heavy atom. The highest BCUT2D eigenvalue weighted by Crippen LogP contribution is 2.34. The van der Waals surface area contributed by atoms with Gasteiger partial charge in [-0.2, -0.15) is 0 Å². The van der Waals surface area contributed by atoms with Gasteiger partial charge in [0.1, 0.15) is 0 Å². The van der Waals surface area contributed by atoms with E-state index in [1.54, 1.807) is 13.3 Å². The zero-order valence-corrected chi connectivity index (χ0v) is 19.7. The number of ether oxygens (including phenoxy) is 2. The van der Waals surface area contributed by atoms with Gasteiger partial charge in [-0.1, -0.05) is 0 Å². The maximum absolute atomic E-state index is 13.3. The molecule has 1 amide bonds. The molecule has 0 aliphatic carbocycles. The number of nitrogens with one attached hydrogen (secondary N) is 2. The second kappa shape index (κ2) is 9.51. The topological polar surface area (TPSA) is 79.5 Å². The number of benzene rings is 1. The maximum atomic E-state index is 13.3. The summed E-state index contributed by atoms with van der Waals surface area (Å²) < 4.78 is 11.7. The van der Waals surface area contributed by atoms with Gasteiger partial charge < -0.3 is 24.7 Å². The van der Waals surface area contributed by atoms with Crippen molar-refractivity contribution >= 4 is 49.7 Å². The van der Waals surface area contributed by atoms with E-state index in [0.717, 1.165) is 57.6 Å². The van der Waals surface area contributed by atoms with Crippen LogP contribution in [-0.4, -0.2) is 60.3 Å². The number of aromatic amines is 1. The Balaban J connectivity index is 1.36. The van der Waals surface area contributed by atoms with E-state index in [1.807, 2.05) is 17.0 Å². The highest BCUT2D eigenvalue weighted by molar-refractivity contribution is 7.21. The van der Waals surface area contributed by atoms with Crippen molar-refractivity contribution in [3.63, 3.8) is 0 Å². The van der Waals surface area contributed by atoms with Gasteiger partial charge >= 0.3 is 0 Å². The van der Waals surface area contributed by atoms with Crippen molar-refractivity contribution in [2.45, 2.75) is 25.8 Å². The summed E-state index contributed by atoms with van der Waals surface area (Å²) in [5.41, 5.74) is 5.05. The number of likely N-dealkylation sites (tertiary alicyclic amines) is 1. The number of thiophene rings is 1. The Hall–Kier alpha value is -2.94. The predicted octanol–water partition coefficient (Wildman–Crippen LogP) is 5.10. The van der Waals surface area contributed by atoms with Crippen molar-refractivity contribution in [3.05, 3.63) is 53.2 Å². The molecule has 1 aliphatic heterocycles. The van der Waals surface area contributed by atoms with Crippen molar-refractivity contribution in [1.29, 1.82) is 0 Å². The van der Waals surface area contributed by atoms with E-state index in [-0.39, 0.29) is 11.9 Å². The van der Waals surface area contributed by atoms with E-state index in [1.165, 1.54) is 11.3 Å². The van der Waals surface area contributed by atoms with Crippen molar-refractivity contribution in [2.24, 2.45) is 0 Å². The van der Waals surface area contributed by atoms with Crippen LogP contribution in [0.15, 0.2) is 42.6 Å². The molecule has 172 valence electrons. The van der Waals surface area contributed by atoms with Gasteiger partial charge in [-0.3, -0.25) is 9.78 Å². The van der Waals surface area contributed by atoms with E-state index >= 15 is 0 Å². The first-order valence-electron chi connectivity index (χ1n) is 11.2. The van der Waals surface area contributed by atoms with Crippen molar-refractivity contribution in [3.8, 4) is 0 Å². The van der Waals surface area contributed by atoms with Crippen molar-refractivity contribution in [2.75, 3.05) is 38.8 Å². The van der Waals surface area contributed by atoms with E-state index in [0.29, 0.717) is 24.7 Å². The Kier molecular flexibility index (Phi) is 6.30. The first-order chi connectivity index (χ1) is 16.1. The Morgan fingerprint density at radius 2 is 2.18 bits per heavy atom. The van der Waals surface area contributed by atoms with E-state index in [4.69, 9.17) is 9.47 Å². The molecule has 1 aliphatic rings. The monoisotopic (exact) mass is 464 g/mol. The van der Waals surface area contributed by atoms with Crippen LogP contribution in [0.2, 0.25) is 0 Å². The van der Waals surface area contributed by atoms with E-state index < -0.39 is 0 Å². The lowest BCUT2D eigenvalue weighted by atomic mass is 10.2. The fourth-order valence-electron chi connectivity index (χ4n) is 4.43. The first kappa shape index (κ1) is 21.9. The molecule has 3 aromatic heterocycles. The van der Waals surface area contributed by atoms with Crippen LogP contribution < -0.4 is 5.32 Å². The summed E-state index contributed by atoms with van der Waals surface area (Å²) in [6.45, 7) is 4.48. The molecule has 1 atom stereocenters. The Bertz CT molecular complexity index is 1280. The first-order valence-corrected chi connectivity index (χ1v) is 12.1. The molecule has 7 nitrogen and oxygen atoms in total. The van der Waals surface area contributed by atoms with Crippen LogP contribution in [0.25, 0.3) is 21.1 Å². The van der Waals surface area contributed by atoms with Crippen LogP contribution >= 0.6 is 11.3 Å². The highest BCUT2D eigenvalue weighted by atomic mass is 32.1. The highest BCUT2D eigenvalue weighted by Gasteiger charge is 2.30. The van der Waals surface area contributed by atoms with Gasteiger partial charge in [0.25, 0.3) is 5.91 Å². The quantitative estimate of drug-likeness (QED) is 0.355. The lowest BCUT2D eigenvalue weighted by Crippen LogP contribution is -2.38. The van der Waals surface area contributed by atoms with Crippen molar-refractivity contribution < 1.29 is 14.3 Å². The molecule has 0 spiro atoms. The van der Waals surface area contributed by atoms with Gasteiger partial charge in [0.2, 0.25) is 0 Å². The second-order valence-electron chi connectivity index (χ2n) is 8.43. The average molecular weight is 465 g/mol. The molecule has 5 rings (SSSR count). The van der Waals surface area contributed by atoms with Crippen LogP contribution in [0.4, 0.5) is 11.4 Å². The van der Waals surface area contributed by atoms with E-state index in [9.17, 15) is 4.79 Å². The lowest BCUT2D eigenvalue weighted by Gasteiger charge is -2.24. The van der Waals surface area contributed by atoms with Gasteiger partial charge in [0, 0.05) is 42.1 Å². The average Bonchev–Trinajstić information content (AvgIpc) is 3.53. The smallest absolute Gasteiger partial charge is 0.264 e. The van der Waals surface area contributed by atoms with Gasteiger partial charge in [0.15, 0.2) is 0 Å². The molecular formula is C25H28N4O3S. The number of amides is 1. The summed E-state index contributed by atoms with van der Waals surface area (Å²) >= 11 is 1.50. The number of aromatic nitrogens is 2. The number of methoxy groups -OCH3 is 1. The number of anilines is 2. The second-order valence-corrected chi connectivity index (χ2v) is 9.48. The molecular weight excluding hydrogens is 436 g/mol. The number of pyridine rings is 1. The zero-order chi connectivity index (χ0) is 22.8. The predicted molar refractivity (Wildman–Crippen MR) is 133 cm³/mol. The number of carbonyl (C=O) groups is 1. The van der Waals surface area contributed by atoms with Crippen LogP contribution in [-0.2, 0) is 9.47 Å². The molecule has 0 bridgehead atoms. The van der Waals surface area contributed by atoms with Crippen LogP contribution in [0.3, 0.4) is 0 Å². The fraction of sp³-hybridized carbons (Fsp3) is 0.360. The van der Waals surface area contributed by atoms with Crippen LogP contribution in [0.5, 0.6) is 0 Å². The third kappa shape index (κ3) is 4.59. The van der Waals surface area contributed by atoms with Gasteiger partial charge in [-0.15, -0.1) is 11.3 Å². The largest absolute Gasteiger partial charge is 0.382 e. The third-order valence-corrected chi connectivity index (χ3v) is 7.18. The zero-order valence-electron chi connectivity index (χ0n) is 18.9. The molecule has 4 aromatic rings. The molecule has 0 unspecified atom stereocenters. The number of hydrogen-bond acceptors (Lipinski definition) is 6. The molecule has 2 N–H and O–H groups in total. The molecule has 4 heterocycles. The molecule has 8 heteroatoms. The number of fused-ring (bicyclic) bond motifs is 2. The van der Waals surface area contributed by atoms with E-state index in [2.05, 4.69) is 46.5 Å². The Labute approximate surface area is 196 Å². The summed E-state index contributed by atoms with van der Waals surface area (Å²) in [6, 6.07) is 12.4. The summed E-state index contributed by atoms with van der Waals surface area (Å²) in [6.07, 6.45) is 3.75. The number of hydrogen-bond donors (Lipinski definition) is 2. The van der Waals surface area contributed by atoms with Gasteiger partial charge in [0.05, 0.1) is 46.6 Å². The van der Waals surface area contributed by atoms with Crippen LogP contribution in [0, 0.1) is 6.92 Å². The number of nitrogens with zero attached hydrogens (tertiary/aromatic N) is 2. The molecule has 33 heavy (non-hydrogen) atoms. The number of rotatable bonds is 8. The third-order valence-electron chi connectivity index (χ3n) is 6.04. The molecule has 1 fully saturated rings. The lowest BCUT2D eigenvalue weighted by molar-refractivity contribution is 0.0360. The van der Waals surface area contributed by atoms with Crippen LogP contribution in [0.1, 0.15) is 28.2 Å². The summed E-state index contributed by atoms with van der Waals surface area (Å²) in [7, 11) is 1.66. The maximum Gasteiger partial charge on any atom is 0.264 e. The number of aryl methyl sites for hydroxylation is 1. The standard InChI is InChI=1S/C25H28N4O3S/c1-16-12-17-13-18(5-6-20(17)27-16)28-21-7-8-26-22-14-23(33-24(21)22)25(30)29-9-3-4-19(29)15-32-11-10-31-2/h5-8,12-14,19,27H,3-4,9-11,15H2,1-2H3,(H,26,28)/t19-/m0/s1. The number of H-pyrrole nitrogens is 1. The van der Waals surface area contributed by atoms with Gasteiger partial charge in [-0.25, -0.2) is 0 Å². The molecule has 0 saturated carbocycles. The summed E-state index contributed by atoms with van der Waals surface area (Å²) in [5, 5.41) is 4.68. The minimum Gasteiger partial charge on any atom is -0.382 e. The molecule has 1 saturated heterocycles. The van der Waals surface area contributed by atoms with Gasteiger partial charge in [-0.05, 0) is 56.2 Å². The minimum absolute atomic E-state index is 0.0611. The number of carbonyl (C=O) groups excluding carboxylic acids is 1. The summed E-state index contributed by atoms with van der Waals surface area (Å²) in [5.74, 6) is 0.0611. The molecule has 1 aromatic carbocycles. The van der Waals surface area contributed by atoms with Crippen molar-refractivity contribution in [1.82, 2.24) is 14.9 Å².